The molecular weight excluding hydrogens is 378 g/mol. The maximum absolute atomic E-state index is 13.9. The summed E-state index contributed by atoms with van der Waals surface area (Å²) < 4.78 is 84.2. The molecule has 0 spiro atoms. The summed E-state index contributed by atoms with van der Waals surface area (Å²) in [4.78, 5) is 11.0. The van der Waals surface area contributed by atoms with Gasteiger partial charge in [-0.2, -0.15) is 17.6 Å². The molecule has 134 valence electrons. The molecule has 0 fully saturated rings. The molecule has 10 heteroatoms. The van der Waals surface area contributed by atoms with Crippen molar-refractivity contribution in [1.29, 1.82) is 0 Å². The third kappa shape index (κ3) is 3.51. The van der Waals surface area contributed by atoms with Gasteiger partial charge in [-0.25, -0.2) is 13.6 Å². The zero-order valence-corrected chi connectivity index (χ0v) is 12.9. The quantitative estimate of drug-likeness (QED) is 0.555. The molecule has 0 bridgehead atoms. The lowest BCUT2D eigenvalue weighted by Crippen LogP contribution is -2.13. The highest BCUT2D eigenvalue weighted by Crippen LogP contribution is 2.39. The molecule has 0 aliphatic rings. The van der Waals surface area contributed by atoms with Crippen LogP contribution in [0, 0.1) is 24.4 Å². The van der Waals surface area contributed by atoms with Crippen LogP contribution in [0.4, 0.5) is 26.3 Å². The molecule has 2 aromatic rings. The highest BCUT2D eigenvalue weighted by atomic mass is 35.5. The van der Waals surface area contributed by atoms with Crippen LogP contribution < -0.4 is 4.74 Å². The van der Waals surface area contributed by atoms with Crippen molar-refractivity contribution in [3.05, 3.63) is 57.4 Å². The van der Waals surface area contributed by atoms with Crippen LogP contribution in [0.1, 0.15) is 21.5 Å². The monoisotopic (exact) mass is 384 g/mol. The van der Waals surface area contributed by atoms with Gasteiger partial charge in [-0.3, -0.25) is 0 Å². The van der Waals surface area contributed by atoms with Crippen molar-refractivity contribution in [2.24, 2.45) is 0 Å². The number of carboxylic acids is 1. The molecule has 0 saturated heterocycles. The fourth-order valence-corrected chi connectivity index (χ4v) is 2.20. The van der Waals surface area contributed by atoms with E-state index < -0.39 is 62.8 Å². The first-order chi connectivity index (χ1) is 11.4. The lowest BCUT2D eigenvalue weighted by molar-refractivity contribution is -0.138. The van der Waals surface area contributed by atoms with Gasteiger partial charge in [0, 0.05) is 5.56 Å². The van der Waals surface area contributed by atoms with Crippen LogP contribution in [0.25, 0.3) is 0 Å². The normalized spacial score (nSPS) is 11.5. The molecule has 2 aromatic carbocycles. The summed E-state index contributed by atoms with van der Waals surface area (Å²) in [6.07, 6.45) is -4.96. The number of benzene rings is 2. The van der Waals surface area contributed by atoms with E-state index in [9.17, 15) is 31.1 Å². The van der Waals surface area contributed by atoms with E-state index >= 15 is 0 Å². The van der Waals surface area contributed by atoms with Crippen LogP contribution in [0.5, 0.6) is 11.5 Å². The van der Waals surface area contributed by atoms with Gasteiger partial charge in [0.05, 0.1) is 11.1 Å². The first-order valence-corrected chi connectivity index (χ1v) is 6.77. The minimum Gasteiger partial charge on any atom is -0.478 e. The zero-order chi connectivity index (χ0) is 19.1. The van der Waals surface area contributed by atoms with Crippen LogP contribution in [-0.2, 0) is 6.18 Å². The summed E-state index contributed by atoms with van der Waals surface area (Å²) in [5.74, 6) is -8.22. The Balaban J connectivity index is 2.56. The van der Waals surface area contributed by atoms with E-state index in [0.717, 1.165) is 6.92 Å². The summed E-state index contributed by atoms with van der Waals surface area (Å²) >= 11 is 5.53. The molecule has 0 atom stereocenters. The second-order valence-electron chi connectivity index (χ2n) is 4.82. The van der Waals surface area contributed by atoms with Crippen LogP contribution in [0.3, 0.4) is 0 Å². The van der Waals surface area contributed by atoms with Gasteiger partial charge in [0.1, 0.15) is 10.8 Å². The fourth-order valence-electron chi connectivity index (χ4n) is 1.94. The minimum atomic E-state index is -4.96. The van der Waals surface area contributed by atoms with E-state index in [2.05, 4.69) is 0 Å². The number of hydrogen-bond acceptors (Lipinski definition) is 2. The Hall–Kier alpha value is -2.42. The van der Waals surface area contributed by atoms with Crippen LogP contribution in [0.15, 0.2) is 18.2 Å². The first-order valence-electron chi connectivity index (χ1n) is 6.40. The average Bonchev–Trinajstić information content (AvgIpc) is 2.54. The predicted molar refractivity (Wildman–Crippen MR) is 74.5 cm³/mol. The van der Waals surface area contributed by atoms with Gasteiger partial charge in [0.25, 0.3) is 0 Å². The number of alkyl halides is 3. The van der Waals surface area contributed by atoms with E-state index in [-0.39, 0.29) is 0 Å². The molecule has 0 aliphatic heterocycles. The van der Waals surface area contributed by atoms with Crippen molar-refractivity contribution in [2.45, 2.75) is 13.1 Å². The van der Waals surface area contributed by atoms with Crippen molar-refractivity contribution in [1.82, 2.24) is 0 Å². The Morgan fingerprint density at radius 2 is 1.72 bits per heavy atom. The van der Waals surface area contributed by atoms with Gasteiger partial charge in [-0.05, 0) is 25.1 Å². The van der Waals surface area contributed by atoms with Gasteiger partial charge in [-0.15, -0.1) is 0 Å². The van der Waals surface area contributed by atoms with Crippen molar-refractivity contribution in [3.8, 4) is 11.5 Å². The highest BCUT2D eigenvalue weighted by Gasteiger charge is 2.35. The summed E-state index contributed by atoms with van der Waals surface area (Å²) in [6.45, 7) is 0.921. The lowest BCUT2D eigenvalue weighted by atomic mass is 10.1. The largest absolute Gasteiger partial charge is 0.478 e. The second kappa shape index (κ2) is 6.47. The number of halogens is 7. The number of hydrogen-bond donors (Lipinski definition) is 1. The van der Waals surface area contributed by atoms with Crippen molar-refractivity contribution in [2.75, 3.05) is 0 Å². The van der Waals surface area contributed by atoms with Crippen LogP contribution >= 0.6 is 11.6 Å². The number of carbonyl (C=O) groups is 1. The third-order valence-electron chi connectivity index (χ3n) is 3.19. The molecule has 1 N–H and O–H groups in total. The Labute approximate surface area is 141 Å². The van der Waals surface area contributed by atoms with Crippen molar-refractivity contribution in [3.63, 3.8) is 0 Å². The van der Waals surface area contributed by atoms with Gasteiger partial charge in [-0.1, -0.05) is 11.6 Å². The molecule has 0 heterocycles. The van der Waals surface area contributed by atoms with E-state index in [4.69, 9.17) is 21.4 Å². The molecule has 2 rings (SSSR count). The Morgan fingerprint density at radius 3 is 2.24 bits per heavy atom. The van der Waals surface area contributed by atoms with Gasteiger partial charge in [0.15, 0.2) is 17.4 Å². The Morgan fingerprint density at radius 1 is 1.12 bits per heavy atom. The Kier molecular flexibility index (Phi) is 4.90. The summed E-state index contributed by atoms with van der Waals surface area (Å²) in [5.41, 5.74) is -3.37. The molecule has 3 nitrogen and oxygen atoms in total. The number of aromatic carboxylic acids is 1. The van der Waals surface area contributed by atoms with Gasteiger partial charge < -0.3 is 9.84 Å². The number of ether oxygens (including phenoxy) is 1. The molecule has 0 aliphatic carbocycles. The third-order valence-corrected chi connectivity index (χ3v) is 3.53. The molecule has 0 saturated carbocycles. The van der Waals surface area contributed by atoms with Crippen molar-refractivity contribution < 1.29 is 41.0 Å². The van der Waals surface area contributed by atoms with Gasteiger partial charge >= 0.3 is 12.1 Å². The molecule has 0 amide bonds. The van der Waals surface area contributed by atoms with E-state index in [1.807, 2.05) is 0 Å². The maximum atomic E-state index is 13.9. The summed E-state index contributed by atoms with van der Waals surface area (Å²) in [5, 5.41) is 7.94. The topological polar surface area (TPSA) is 46.5 Å². The summed E-state index contributed by atoms with van der Waals surface area (Å²) in [7, 11) is 0. The SMILES string of the molecule is Cc1c(F)c(F)c(Oc2ccc(C(F)(F)F)c(C(=O)O)c2)c(Cl)c1F. The lowest BCUT2D eigenvalue weighted by Gasteiger charge is -2.14. The molecular formula is C15H7ClF6O3. The van der Waals surface area contributed by atoms with Gasteiger partial charge in [0.2, 0.25) is 5.82 Å². The van der Waals surface area contributed by atoms with E-state index in [1.165, 1.54) is 0 Å². The highest BCUT2D eigenvalue weighted by molar-refractivity contribution is 6.32. The average molecular weight is 385 g/mol. The number of carboxylic acid groups (broad SMARTS) is 1. The fraction of sp³-hybridized carbons (Fsp3) is 0.133. The first kappa shape index (κ1) is 18.9. The molecule has 25 heavy (non-hydrogen) atoms. The second-order valence-corrected chi connectivity index (χ2v) is 5.20. The Bertz CT molecular complexity index is 834. The minimum absolute atomic E-state index is 0.380. The molecule has 0 aromatic heterocycles. The smallest absolute Gasteiger partial charge is 0.417 e. The van der Waals surface area contributed by atoms with Crippen molar-refractivity contribution >= 4 is 17.6 Å². The standard InChI is InChI=1S/C15H7ClF6O3/c1-5-10(17)9(16)13(12(19)11(5)18)25-6-2-3-8(15(20,21)22)7(4-6)14(23)24/h2-4H,1H3,(H,23,24). The van der Waals surface area contributed by atoms with Crippen LogP contribution in [-0.4, -0.2) is 11.1 Å². The molecule has 0 radical (unpaired) electrons. The van der Waals surface area contributed by atoms with E-state index in [1.54, 1.807) is 0 Å². The van der Waals surface area contributed by atoms with Crippen LogP contribution in [0.2, 0.25) is 5.02 Å². The maximum Gasteiger partial charge on any atom is 0.417 e. The predicted octanol–water partition coefficient (Wildman–Crippen LogP) is 5.58. The van der Waals surface area contributed by atoms with E-state index in [0.29, 0.717) is 18.2 Å². The zero-order valence-electron chi connectivity index (χ0n) is 12.1. The summed E-state index contributed by atoms with van der Waals surface area (Å²) in [6, 6.07) is 1.49. The number of rotatable bonds is 3. The molecule has 0 unspecified atom stereocenters.